The maximum atomic E-state index is 13.0. The molecule has 1 atom stereocenters. The first kappa shape index (κ1) is 19.9. The summed E-state index contributed by atoms with van der Waals surface area (Å²) in [5, 5.41) is 8.91. The number of esters is 1. The van der Waals surface area contributed by atoms with Gasteiger partial charge in [0.15, 0.2) is 0 Å². The number of para-hydroxylation sites is 1. The third-order valence-electron chi connectivity index (χ3n) is 4.84. The maximum absolute atomic E-state index is 13.0. The summed E-state index contributed by atoms with van der Waals surface area (Å²) in [5.41, 5.74) is 0.806. The normalized spacial score (nSPS) is 16.5. The highest BCUT2D eigenvalue weighted by Crippen LogP contribution is 2.22. The highest BCUT2D eigenvalue weighted by atomic mass is 16.5. The summed E-state index contributed by atoms with van der Waals surface area (Å²) < 4.78 is 5.10. The van der Waals surface area contributed by atoms with E-state index in [1.807, 2.05) is 44.2 Å². The molecule has 0 aromatic heterocycles. The van der Waals surface area contributed by atoms with Gasteiger partial charge in [-0.2, -0.15) is 5.26 Å². The highest BCUT2D eigenvalue weighted by Gasteiger charge is 2.32. The zero-order valence-electron chi connectivity index (χ0n) is 15.6. The van der Waals surface area contributed by atoms with Gasteiger partial charge in [-0.25, -0.2) is 0 Å². The van der Waals surface area contributed by atoms with Crippen LogP contribution in [0, 0.1) is 17.2 Å². The summed E-state index contributed by atoms with van der Waals surface area (Å²) in [6, 6.07) is 11.3. The van der Waals surface area contributed by atoms with Gasteiger partial charge in [-0.05, 0) is 51.9 Å². The van der Waals surface area contributed by atoms with E-state index in [0.717, 1.165) is 5.69 Å². The molecule has 0 radical (unpaired) electrons. The summed E-state index contributed by atoms with van der Waals surface area (Å²) >= 11 is 0. The van der Waals surface area contributed by atoms with Gasteiger partial charge in [0.1, 0.15) is 0 Å². The van der Waals surface area contributed by atoms with E-state index in [0.29, 0.717) is 39.1 Å². The number of benzene rings is 1. The highest BCUT2D eigenvalue weighted by molar-refractivity contribution is 5.97. The zero-order valence-corrected chi connectivity index (χ0v) is 15.6. The lowest BCUT2D eigenvalue weighted by molar-refractivity contribution is -0.149. The van der Waals surface area contributed by atoms with Crippen molar-refractivity contribution in [1.82, 2.24) is 4.90 Å². The van der Waals surface area contributed by atoms with Crippen molar-refractivity contribution in [3.63, 3.8) is 0 Å². The van der Waals surface area contributed by atoms with Crippen LogP contribution in [0.25, 0.3) is 0 Å². The van der Waals surface area contributed by atoms with E-state index in [4.69, 9.17) is 10.00 Å². The molecule has 1 saturated heterocycles. The van der Waals surface area contributed by atoms with E-state index in [1.54, 1.807) is 4.90 Å². The van der Waals surface area contributed by atoms with Gasteiger partial charge in [0, 0.05) is 12.2 Å². The van der Waals surface area contributed by atoms with Gasteiger partial charge >= 0.3 is 5.97 Å². The number of piperidine rings is 1. The number of likely N-dealkylation sites (tertiary alicyclic amines) is 1. The molecular formula is C20H27N3O3. The fraction of sp³-hybridized carbons (Fsp3) is 0.550. The third-order valence-corrected chi connectivity index (χ3v) is 4.84. The van der Waals surface area contributed by atoms with Crippen LogP contribution >= 0.6 is 0 Å². The molecule has 1 aliphatic heterocycles. The van der Waals surface area contributed by atoms with E-state index >= 15 is 0 Å². The molecule has 140 valence electrons. The molecule has 1 amide bonds. The van der Waals surface area contributed by atoms with Gasteiger partial charge in [0.25, 0.3) is 0 Å². The molecule has 2 rings (SSSR count). The van der Waals surface area contributed by atoms with E-state index in [1.165, 1.54) is 0 Å². The molecule has 1 aromatic rings. The minimum atomic E-state index is -0.294. The van der Waals surface area contributed by atoms with Crippen LogP contribution in [0.3, 0.4) is 0 Å². The van der Waals surface area contributed by atoms with Crippen LogP contribution in [0.1, 0.15) is 33.1 Å². The first-order chi connectivity index (χ1) is 12.6. The van der Waals surface area contributed by atoms with Crippen molar-refractivity contribution in [1.29, 1.82) is 5.26 Å². The molecule has 1 unspecified atom stereocenters. The monoisotopic (exact) mass is 357 g/mol. The Labute approximate surface area is 155 Å². The van der Waals surface area contributed by atoms with Gasteiger partial charge < -0.3 is 9.64 Å². The molecule has 1 aromatic carbocycles. The van der Waals surface area contributed by atoms with Crippen molar-refractivity contribution in [3.8, 4) is 6.07 Å². The topological polar surface area (TPSA) is 73.6 Å². The van der Waals surface area contributed by atoms with Crippen LogP contribution in [0.4, 0.5) is 5.69 Å². The minimum Gasteiger partial charge on any atom is -0.466 e. The molecule has 0 saturated carbocycles. The molecule has 26 heavy (non-hydrogen) atoms. The van der Waals surface area contributed by atoms with Crippen LogP contribution in [0.15, 0.2) is 30.3 Å². The quantitative estimate of drug-likeness (QED) is 0.701. The maximum Gasteiger partial charge on any atom is 0.309 e. The third kappa shape index (κ3) is 5.06. The Hall–Kier alpha value is -2.39. The van der Waals surface area contributed by atoms with Gasteiger partial charge in [0.05, 0.1) is 31.1 Å². The average Bonchev–Trinajstić information content (AvgIpc) is 2.68. The first-order valence-electron chi connectivity index (χ1n) is 9.22. The number of ether oxygens (including phenoxy) is 1. The number of nitriles is 1. The molecule has 0 aliphatic carbocycles. The van der Waals surface area contributed by atoms with Crippen LogP contribution < -0.4 is 4.90 Å². The van der Waals surface area contributed by atoms with Crippen molar-refractivity contribution in [2.45, 2.75) is 39.2 Å². The molecule has 0 bridgehead atoms. The number of amides is 1. The summed E-state index contributed by atoms with van der Waals surface area (Å²) in [6.45, 7) is 5.87. The second-order valence-electron chi connectivity index (χ2n) is 6.47. The zero-order chi connectivity index (χ0) is 18.9. The van der Waals surface area contributed by atoms with Gasteiger partial charge in [-0.3, -0.25) is 14.5 Å². The second-order valence-corrected chi connectivity index (χ2v) is 6.47. The number of nitrogens with zero attached hydrogens (tertiary/aromatic N) is 3. The van der Waals surface area contributed by atoms with E-state index < -0.39 is 0 Å². The van der Waals surface area contributed by atoms with Crippen molar-refractivity contribution >= 4 is 17.6 Å². The van der Waals surface area contributed by atoms with Crippen molar-refractivity contribution in [2.75, 3.05) is 31.1 Å². The number of hydrogen-bond donors (Lipinski definition) is 0. The van der Waals surface area contributed by atoms with Crippen LogP contribution in [-0.4, -0.2) is 49.1 Å². The summed E-state index contributed by atoms with van der Waals surface area (Å²) in [6.07, 6.45) is 1.71. The van der Waals surface area contributed by atoms with Crippen LogP contribution in [-0.2, 0) is 14.3 Å². The molecule has 1 heterocycles. The summed E-state index contributed by atoms with van der Waals surface area (Å²) in [4.78, 5) is 28.7. The predicted octanol–water partition coefficient (Wildman–Crippen LogP) is 2.60. The lowest BCUT2D eigenvalue weighted by Crippen LogP contribution is -2.50. The number of hydrogen-bond acceptors (Lipinski definition) is 5. The summed E-state index contributed by atoms with van der Waals surface area (Å²) in [5.74, 6) is -0.218. The molecule has 1 fully saturated rings. The summed E-state index contributed by atoms with van der Waals surface area (Å²) in [7, 11) is 0. The Morgan fingerprint density at radius 1 is 1.31 bits per heavy atom. The fourth-order valence-electron chi connectivity index (χ4n) is 3.30. The van der Waals surface area contributed by atoms with E-state index in [-0.39, 0.29) is 30.3 Å². The number of carbonyl (C=O) groups is 2. The average molecular weight is 357 g/mol. The van der Waals surface area contributed by atoms with E-state index in [2.05, 4.69) is 11.0 Å². The molecular weight excluding hydrogens is 330 g/mol. The van der Waals surface area contributed by atoms with E-state index in [9.17, 15) is 9.59 Å². The first-order valence-corrected chi connectivity index (χ1v) is 9.22. The van der Waals surface area contributed by atoms with Crippen LogP contribution in [0.5, 0.6) is 0 Å². The van der Waals surface area contributed by atoms with Gasteiger partial charge in [-0.15, -0.1) is 0 Å². The Morgan fingerprint density at radius 3 is 2.54 bits per heavy atom. The SMILES string of the molecule is CCOC(=O)C1CCN(C(C)C(=O)N(CCC#N)c2ccccc2)CC1. The lowest BCUT2D eigenvalue weighted by Gasteiger charge is -2.36. The number of carbonyl (C=O) groups excluding carboxylic acids is 2. The standard InChI is InChI=1S/C20H27N3O3/c1-3-26-20(25)17-10-14-22(15-11-17)16(2)19(24)23(13-7-12-21)18-8-5-4-6-9-18/h4-6,8-9,16-17H,3,7,10-11,13-15H2,1-2H3. The van der Waals surface area contributed by atoms with Crippen molar-refractivity contribution in [2.24, 2.45) is 5.92 Å². The Morgan fingerprint density at radius 2 is 1.96 bits per heavy atom. The predicted molar refractivity (Wildman–Crippen MR) is 99.4 cm³/mol. The lowest BCUT2D eigenvalue weighted by atomic mass is 9.96. The van der Waals surface area contributed by atoms with Gasteiger partial charge in [0.2, 0.25) is 5.91 Å². The van der Waals surface area contributed by atoms with Crippen molar-refractivity contribution in [3.05, 3.63) is 30.3 Å². The molecule has 1 aliphatic rings. The molecule has 0 N–H and O–H groups in total. The second kappa shape index (κ2) is 9.93. The largest absolute Gasteiger partial charge is 0.466 e. The number of anilines is 1. The number of rotatable bonds is 7. The Balaban J connectivity index is 2.00. The van der Waals surface area contributed by atoms with Gasteiger partial charge in [-0.1, -0.05) is 18.2 Å². The smallest absolute Gasteiger partial charge is 0.309 e. The fourth-order valence-corrected chi connectivity index (χ4v) is 3.30. The minimum absolute atomic E-state index is 0.0129. The molecule has 0 spiro atoms. The Bertz CT molecular complexity index is 633. The van der Waals surface area contributed by atoms with Crippen molar-refractivity contribution < 1.29 is 14.3 Å². The Kier molecular flexibility index (Phi) is 7.61. The van der Waals surface area contributed by atoms with Crippen LogP contribution in [0.2, 0.25) is 0 Å². The molecule has 6 nitrogen and oxygen atoms in total. The molecule has 6 heteroatoms.